The Morgan fingerprint density at radius 2 is 1.44 bits per heavy atom. The number of likely N-dealkylation sites (N-methyl/N-ethyl adjacent to an activating group) is 1. The van der Waals surface area contributed by atoms with Gasteiger partial charge in [0.05, 0.1) is 11.4 Å². The Morgan fingerprint density at radius 3 is 2.21 bits per heavy atom. The Hall–Kier alpha value is -4.45. The number of fused-ring (bicyclic) bond motifs is 1. The molecule has 168 valence electrons. The second-order valence-corrected chi connectivity index (χ2v) is 8.34. The number of urea groups is 1. The summed E-state index contributed by atoms with van der Waals surface area (Å²) in [5.41, 5.74) is 4.01. The van der Waals surface area contributed by atoms with Crippen molar-refractivity contribution in [2.24, 2.45) is 0 Å². The highest BCUT2D eigenvalue weighted by molar-refractivity contribution is 6.39. The molecule has 0 atom stereocenters. The molecule has 0 bridgehead atoms. The van der Waals surface area contributed by atoms with Crippen LogP contribution in [0.1, 0.15) is 17.0 Å². The van der Waals surface area contributed by atoms with Crippen molar-refractivity contribution in [2.45, 2.75) is 13.8 Å². The van der Waals surface area contributed by atoms with Crippen molar-refractivity contribution >= 4 is 40.4 Å². The van der Waals surface area contributed by atoms with E-state index in [1.807, 2.05) is 38.1 Å². The van der Waals surface area contributed by atoms with E-state index < -0.39 is 17.8 Å². The highest BCUT2D eigenvalue weighted by atomic mass is 16.2. The van der Waals surface area contributed by atoms with Crippen LogP contribution in [0.25, 0.3) is 22.5 Å². The van der Waals surface area contributed by atoms with Crippen molar-refractivity contribution in [3.63, 3.8) is 0 Å². The van der Waals surface area contributed by atoms with Crippen molar-refractivity contribution in [2.75, 3.05) is 11.9 Å². The molecule has 4 aromatic rings. The molecule has 0 aliphatic carbocycles. The van der Waals surface area contributed by atoms with Gasteiger partial charge in [0, 0.05) is 23.8 Å². The number of carbonyl (C=O) groups is 3. The molecule has 4 amide bonds. The van der Waals surface area contributed by atoms with E-state index >= 15 is 0 Å². The minimum Gasteiger partial charge on any atom is -0.317 e. The first kappa shape index (κ1) is 21.4. The number of hydrogen-bond acceptors (Lipinski definition) is 3. The van der Waals surface area contributed by atoms with Crippen LogP contribution in [0.15, 0.2) is 84.4 Å². The van der Waals surface area contributed by atoms with Crippen LogP contribution >= 0.6 is 0 Å². The Labute approximate surface area is 197 Å². The van der Waals surface area contributed by atoms with Crippen LogP contribution in [-0.2, 0) is 9.59 Å². The number of barbiturate groups is 1. The topological polar surface area (TPSA) is 62.6 Å². The number of benzene rings is 3. The number of amides is 4. The van der Waals surface area contributed by atoms with E-state index in [-0.39, 0.29) is 5.57 Å². The van der Waals surface area contributed by atoms with Crippen LogP contribution in [0.2, 0.25) is 0 Å². The minimum absolute atomic E-state index is 0.0517. The number of imide groups is 2. The Bertz CT molecular complexity index is 1490. The van der Waals surface area contributed by atoms with E-state index in [1.165, 1.54) is 7.05 Å². The molecular weight excluding hydrogens is 426 g/mol. The number of carbonyl (C=O) groups excluding carboxylic acids is 3. The fraction of sp³-hybridized carbons (Fsp3) is 0.107. The number of aromatic nitrogens is 1. The molecule has 0 N–H and O–H groups in total. The van der Waals surface area contributed by atoms with Crippen molar-refractivity contribution < 1.29 is 14.4 Å². The molecule has 34 heavy (non-hydrogen) atoms. The van der Waals surface area contributed by atoms with Gasteiger partial charge < -0.3 is 4.57 Å². The lowest BCUT2D eigenvalue weighted by atomic mass is 10.1. The molecule has 0 unspecified atom stereocenters. The molecule has 6 heteroatoms. The van der Waals surface area contributed by atoms with E-state index in [2.05, 4.69) is 28.8 Å². The molecule has 5 rings (SSSR count). The summed E-state index contributed by atoms with van der Waals surface area (Å²) in [4.78, 5) is 41.1. The number of aryl methyl sites for hydroxylation is 1. The molecule has 0 spiro atoms. The maximum Gasteiger partial charge on any atom is 0.338 e. The lowest BCUT2D eigenvalue weighted by Crippen LogP contribution is -2.55. The number of hydrogen-bond donors (Lipinski definition) is 0. The minimum atomic E-state index is -0.667. The summed E-state index contributed by atoms with van der Waals surface area (Å²) in [5, 5.41) is 2.24. The predicted molar refractivity (Wildman–Crippen MR) is 133 cm³/mol. The van der Waals surface area contributed by atoms with Gasteiger partial charge in [-0.25, -0.2) is 9.69 Å². The van der Waals surface area contributed by atoms with E-state index in [0.29, 0.717) is 5.69 Å². The zero-order valence-electron chi connectivity index (χ0n) is 19.1. The van der Waals surface area contributed by atoms with E-state index in [0.717, 1.165) is 43.2 Å². The quantitative estimate of drug-likeness (QED) is 0.317. The summed E-state index contributed by atoms with van der Waals surface area (Å²) >= 11 is 0. The van der Waals surface area contributed by atoms with Gasteiger partial charge in [-0.1, -0.05) is 54.6 Å². The molecule has 1 aliphatic rings. The van der Waals surface area contributed by atoms with Gasteiger partial charge in [-0.2, -0.15) is 0 Å². The van der Waals surface area contributed by atoms with Crippen molar-refractivity contribution in [1.29, 1.82) is 0 Å². The Balaban J connectivity index is 1.63. The second-order valence-electron chi connectivity index (χ2n) is 8.34. The number of nitrogens with zero attached hydrogens (tertiary/aromatic N) is 3. The Morgan fingerprint density at radius 1 is 0.765 bits per heavy atom. The summed E-state index contributed by atoms with van der Waals surface area (Å²) in [6.07, 6.45) is 1.59. The van der Waals surface area contributed by atoms with Gasteiger partial charge in [-0.05, 0) is 55.1 Å². The number of rotatable bonds is 3. The van der Waals surface area contributed by atoms with Crippen LogP contribution < -0.4 is 4.90 Å². The molecule has 1 saturated heterocycles. The highest BCUT2D eigenvalue weighted by Crippen LogP contribution is 2.30. The van der Waals surface area contributed by atoms with Gasteiger partial charge in [0.25, 0.3) is 11.8 Å². The van der Waals surface area contributed by atoms with Gasteiger partial charge >= 0.3 is 6.03 Å². The first-order chi connectivity index (χ1) is 16.4. The van der Waals surface area contributed by atoms with Gasteiger partial charge in [-0.15, -0.1) is 0 Å². The summed E-state index contributed by atoms with van der Waals surface area (Å²) in [7, 11) is 1.39. The zero-order valence-corrected chi connectivity index (χ0v) is 19.1. The fourth-order valence-electron chi connectivity index (χ4n) is 4.51. The molecule has 0 saturated carbocycles. The van der Waals surface area contributed by atoms with Crippen LogP contribution in [0.3, 0.4) is 0 Å². The average Bonchev–Trinajstić information content (AvgIpc) is 3.13. The lowest BCUT2D eigenvalue weighted by molar-refractivity contribution is -0.128. The summed E-state index contributed by atoms with van der Waals surface area (Å²) in [5.74, 6) is -1.24. The first-order valence-electron chi connectivity index (χ1n) is 11.0. The summed E-state index contributed by atoms with van der Waals surface area (Å²) < 4.78 is 2.12. The normalized spacial score (nSPS) is 15.6. The smallest absolute Gasteiger partial charge is 0.317 e. The summed E-state index contributed by atoms with van der Waals surface area (Å²) in [6.45, 7) is 3.95. The largest absolute Gasteiger partial charge is 0.338 e. The second kappa shape index (κ2) is 8.15. The SMILES string of the molecule is Cc1cc(/C=C2\C(=O)N(C)C(=O)N(c3ccccc3)C2=O)c(C)n1-c1cccc2ccccc12. The highest BCUT2D eigenvalue weighted by Gasteiger charge is 2.41. The molecule has 1 aliphatic heterocycles. The van der Waals surface area contributed by atoms with Crippen LogP contribution in [0, 0.1) is 13.8 Å². The number of para-hydroxylation sites is 1. The molecule has 1 fully saturated rings. The monoisotopic (exact) mass is 449 g/mol. The molecule has 0 radical (unpaired) electrons. The summed E-state index contributed by atoms with van der Waals surface area (Å²) in [6, 6.07) is 24.2. The van der Waals surface area contributed by atoms with Crippen LogP contribution in [-0.4, -0.2) is 34.4 Å². The van der Waals surface area contributed by atoms with Crippen molar-refractivity contribution in [3.8, 4) is 5.69 Å². The fourth-order valence-corrected chi connectivity index (χ4v) is 4.51. The van der Waals surface area contributed by atoms with Crippen LogP contribution in [0.4, 0.5) is 10.5 Å². The molecule has 1 aromatic heterocycles. The van der Waals surface area contributed by atoms with E-state index in [4.69, 9.17) is 0 Å². The van der Waals surface area contributed by atoms with Crippen molar-refractivity contribution in [3.05, 3.63) is 101 Å². The van der Waals surface area contributed by atoms with E-state index in [9.17, 15) is 14.4 Å². The van der Waals surface area contributed by atoms with Crippen molar-refractivity contribution in [1.82, 2.24) is 9.47 Å². The Kier molecular flexibility index (Phi) is 5.13. The first-order valence-corrected chi connectivity index (χ1v) is 11.0. The van der Waals surface area contributed by atoms with Crippen LogP contribution in [0.5, 0.6) is 0 Å². The lowest BCUT2D eigenvalue weighted by Gasteiger charge is -2.31. The third-order valence-electron chi connectivity index (χ3n) is 6.24. The van der Waals surface area contributed by atoms with Gasteiger partial charge in [0.2, 0.25) is 0 Å². The zero-order chi connectivity index (χ0) is 24.0. The predicted octanol–water partition coefficient (Wildman–Crippen LogP) is 5.26. The van der Waals surface area contributed by atoms with E-state index in [1.54, 1.807) is 36.4 Å². The molecular formula is C28H23N3O3. The number of anilines is 1. The van der Waals surface area contributed by atoms with Gasteiger partial charge in [0.1, 0.15) is 5.57 Å². The van der Waals surface area contributed by atoms with Gasteiger partial charge in [0.15, 0.2) is 0 Å². The third kappa shape index (κ3) is 3.31. The third-order valence-corrected chi connectivity index (χ3v) is 6.24. The molecule has 2 heterocycles. The maximum atomic E-state index is 13.3. The molecule has 6 nitrogen and oxygen atoms in total. The standard InChI is InChI=1S/C28H23N3O3/c1-18-16-21(19(2)30(18)25-15-9-11-20-10-7-8-14-23(20)25)17-24-26(32)29(3)28(34)31(27(24)33)22-12-5-4-6-13-22/h4-17H,1-3H3/b24-17+. The molecule has 3 aromatic carbocycles. The average molecular weight is 450 g/mol. The maximum absolute atomic E-state index is 13.3. The van der Waals surface area contributed by atoms with Gasteiger partial charge in [-0.3, -0.25) is 14.5 Å².